The number of hydrogen-bond donors (Lipinski definition) is 0. The first-order chi connectivity index (χ1) is 5.86. The van der Waals surface area contributed by atoms with Crippen LogP contribution in [0, 0.1) is 0 Å². The Morgan fingerprint density at radius 2 is 2.33 bits per heavy atom. The van der Waals surface area contributed by atoms with Crippen molar-refractivity contribution in [3.8, 4) is 0 Å². The molecule has 1 aromatic rings. The minimum atomic E-state index is 1.09. The minimum absolute atomic E-state index is 1.09. The average Bonchev–Trinajstić information content (AvgIpc) is 2.50. The molecular weight excluding hydrogens is 186 g/mol. The van der Waals surface area contributed by atoms with Crippen molar-refractivity contribution in [2.75, 3.05) is 5.75 Å². The van der Waals surface area contributed by atoms with Crippen LogP contribution in [0.3, 0.4) is 0 Å². The van der Waals surface area contributed by atoms with Gasteiger partial charge in [0.15, 0.2) is 0 Å². The van der Waals surface area contributed by atoms with Gasteiger partial charge in [0, 0.05) is 11.1 Å². The van der Waals surface area contributed by atoms with E-state index in [9.17, 15) is 0 Å². The largest absolute Gasteiger partial charge is 0.245 e. The highest BCUT2D eigenvalue weighted by molar-refractivity contribution is 7.98. The molecule has 0 N–H and O–H groups in total. The SMILES string of the molecule is CCCc1csc(CSCC)n1. The minimum Gasteiger partial charge on any atom is -0.245 e. The number of thiazole rings is 1. The van der Waals surface area contributed by atoms with Gasteiger partial charge in [-0.15, -0.1) is 11.3 Å². The summed E-state index contributed by atoms with van der Waals surface area (Å²) in [6.45, 7) is 4.38. The standard InChI is InChI=1S/C9H15NS2/c1-3-5-8-6-12-9(10-8)7-11-4-2/h6H,3-5,7H2,1-2H3. The molecule has 0 aliphatic rings. The van der Waals surface area contributed by atoms with E-state index in [1.54, 1.807) is 11.3 Å². The molecule has 68 valence electrons. The van der Waals surface area contributed by atoms with Gasteiger partial charge in [0.25, 0.3) is 0 Å². The van der Waals surface area contributed by atoms with Gasteiger partial charge in [-0.1, -0.05) is 20.3 Å². The predicted octanol–water partition coefficient (Wildman–Crippen LogP) is 3.35. The molecule has 0 spiro atoms. The van der Waals surface area contributed by atoms with Crippen LogP contribution in [0.25, 0.3) is 0 Å². The molecule has 1 heterocycles. The molecule has 0 atom stereocenters. The normalized spacial score (nSPS) is 10.5. The summed E-state index contributed by atoms with van der Waals surface area (Å²) in [5.74, 6) is 2.27. The molecule has 0 aromatic carbocycles. The Bertz CT molecular complexity index is 220. The van der Waals surface area contributed by atoms with Crippen LogP contribution in [0.4, 0.5) is 0 Å². The molecule has 1 rings (SSSR count). The summed E-state index contributed by atoms with van der Waals surface area (Å²) in [4.78, 5) is 4.54. The first-order valence-electron chi connectivity index (χ1n) is 4.37. The van der Waals surface area contributed by atoms with E-state index in [2.05, 4.69) is 24.2 Å². The first kappa shape index (κ1) is 10.1. The van der Waals surface area contributed by atoms with E-state index in [1.807, 2.05) is 11.8 Å². The van der Waals surface area contributed by atoms with Crippen molar-refractivity contribution in [1.29, 1.82) is 0 Å². The summed E-state index contributed by atoms with van der Waals surface area (Å²) in [7, 11) is 0. The zero-order valence-corrected chi connectivity index (χ0v) is 9.30. The smallest absolute Gasteiger partial charge is 0.103 e. The van der Waals surface area contributed by atoms with Crippen LogP contribution in [-0.4, -0.2) is 10.7 Å². The number of aryl methyl sites for hydroxylation is 1. The second kappa shape index (κ2) is 5.60. The van der Waals surface area contributed by atoms with E-state index >= 15 is 0 Å². The van der Waals surface area contributed by atoms with Crippen molar-refractivity contribution in [2.45, 2.75) is 32.4 Å². The third-order valence-electron chi connectivity index (χ3n) is 1.54. The number of thioether (sulfide) groups is 1. The molecule has 0 saturated carbocycles. The number of nitrogens with zero attached hydrogens (tertiary/aromatic N) is 1. The molecule has 0 saturated heterocycles. The molecule has 0 aliphatic heterocycles. The molecule has 12 heavy (non-hydrogen) atoms. The third-order valence-corrected chi connectivity index (χ3v) is 3.50. The highest BCUT2D eigenvalue weighted by Crippen LogP contribution is 2.17. The summed E-state index contributed by atoms with van der Waals surface area (Å²) in [6.07, 6.45) is 2.33. The van der Waals surface area contributed by atoms with Crippen LogP contribution >= 0.6 is 23.1 Å². The molecule has 1 aromatic heterocycles. The van der Waals surface area contributed by atoms with Crippen LogP contribution in [0.1, 0.15) is 31.0 Å². The fourth-order valence-electron chi connectivity index (χ4n) is 0.976. The lowest BCUT2D eigenvalue weighted by molar-refractivity contribution is 0.887. The molecule has 1 nitrogen and oxygen atoms in total. The Kier molecular flexibility index (Phi) is 4.69. The Hall–Kier alpha value is -0.0200. The van der Waals surface area contributed by atoms with Gasteiger partial charge in [-0.25, -0.2) is 4.98 Å². The van der Waals surface area contributed by atoms with Gasteiger partial charge in [-0.05, 0) is 12.2 Å². The lowest BCUT2D eigenvalue weighted by Crippen LogP contribution is -1.84. The van der Waals surface area contributed by atoms with Gasteiger partial charge in [0.2, 0.25) is 0 Å². The zero-order valence-electron chi connectivity index (χ0n) is 7.67. The van der Waals surface area contributed by atoms with E-state index in [0.717, 1.165) is 12.2 Å². The van der Waals surface area contributed by atoms with Crippen molar-refractivity contribution in [3.63, 3.8) is 0 Å². The maximum atomic E-state index is 4.54. The molecule has 0 bridgehead atoms. The Morgan fingerprint density at radius 1 is 1.50 bits per heavy atom. The molecule has 3 heteroatoms. The summed E-state index contributed by atoms with van der Waals surface area (Å²) >= 11 is 3.74. The second-order valence-corrected chi connectivity index (χ2v) is 4.84. The Morgan fingerprint density at radius 3 is 3.00 bits per heavy atom. The summed E-state index contributed by atoms with van der Waals surface area (Å²) in [6, 6.07) is 0. The number of aromatic nitrogens is 1. The Labute approximate surface area is 82.6 Å². The maximum Gasteiger partial charge on any atom is 0.103 e. The second-order valence-electron chi connectivity index (χ2n) is 2.62. The lowest BCUT2D eigenvalue weighted by atomic mass is 10.3. The molecule has 0 amide bonds. The molecule has 0 fully saturated rings. The highest BCUT2D eigenvalue weighted by Gasteiger charge is 1.99. The summed E-state index contributed by atoms with van der Waals surface area (Å²) in [5.41, 5.74) is 1.27. The molecule has 0 unspecified atom stereocenters. The zero-order chi connectivity index (χ0) is 8.81. The van der Waals surface area contributed by atoms with Gasteiger partial charge < -0.3 is 0 Å². The highest BCUT2D eigenvalue weighted by atomic mass is 32.2. The topological polar surface area (TPSA) is 12.9 Å². The fraction of sp³-hybridized carbons (Fsp3) is 0.667. The quantitative estimate of drug-likeness (QED) is 0.724. The number of hydrogen-bond acceptors (Lipinski definition) is 3. The van der Waals surface area contributed by atoms with Gasteiger partial charge in [-0.3, -0.25) is 0 Å². The number of rotatable bonds is 5. The van der Waals surface area contributed by atoms with Crippen molar-refractivity contribution in [3.05, 3.63) is 16.1 Å². The van der Waals surface area contributed by atoms with Crippen LogP contribution in [0.15, 0.2) is 5.38 Å². The average molecular weight is 201 g/mol. The monoisotopic (exact) mass is 201 g/mol. The van der Waals surface area contributed by atoms with E-state index < -0.39 is 0 Å². The van der Waals surface area contributed by atoms with E-state index in [4.69, 9.17) is 0 Å². The summed E-state index contributed by atoms with van der Waals surface area (Å²) in [5, 5.41) is 3.47. The van der Waals surface area contributed by atoms with Crippen molar-refractivity contribution >= 4 is 23.1 Å². The van der Waals surface area contributed by atoms with Crippen molar-refractivity contribution in [2.24, 2.45) is 0 Å². The molecular formula is C9H15NS2. The van der Waals surface area contributed by atoms with E-state index in [1.165, 1.54) is 22.9 Å². The van der Waals surface area contributed by atoms with E-state index in [0.29, 0.717) is 0 Å². The van der Waals surface area contributed by atoms with Crippen LogP contribution in [0.2, 0.25) is 0 Å². The van der Waals surface area contributed by atoms with E-state index in [-0.39, 0.29) is 0 Å². The van der Waals surface area contributed by atoms with Crippen LogP contribution < -0.4 is 0 Å². The van der Waals surface area contributed by atoms with Crippen molar-refractivity contribution < 1.29 is 0 Å². The van der Waals surface area contributed by atoms with Crippen molar-refractivity contribution in [1.82, 2.24) is 4.98 Å². The first-order valence-corrected chi connectivity index (χ1v) is 6.41. The fourth-order valence-corrected chi connectivity index (χ4v) is 2.55. The van der Waals surface area contributed by atoms with Crippen LogP contribution in [-0.2, 0) is 12.2 Å². The van der Waals surface area contributed by atoms with Gasteiger partial charge in [0.1, 0.15) is 5.01 Å². The summed E-state index contributed by atoms with van der Waals surface area (Å²) < 4.78 is 0. The van der Waals surface area contributed by atoms with Gasteiger partial charge in [0.05, 0.1) is 5.69 Å². The Balaban J connectivity index is 2.41. The van der Waals surface area contributed by atoms with Gasteiger partial charge >= 0.3 is 0 Å². The van der Waals surface area contributed by atoms with Crippen LogP contribution in [0.5, 0.6) is 0 Å². The maximum absolute atomic E-state index is 4.54. The third kappa shape index (κ3) is 3.15. The molecule has 0 radical (unpaired) electrons. The predicted molar refractivity (Wildman–Crippen MR) is 57.9 cm³/mol. The van der Waals surface area contributed by atoms with Gasteiger partial charge in [-0.2, -0.15) is 11.8 Å². The lowest BCUT2D eigenvalue weighted by Gasteiger charge is -1.92. The molecule has 0 aliphatic carbocycles.